The van der Waals surface area contributed by atoms with Crippen molar-refractivity contribution >= 4 is 11.8 Å². The number of amides is 2. The van der Waals surface area contributed by atoms with Crippen LogP contribution in [0.15, 0.2) is 60.7 Å². The number of rotatable bonds is 3. The standard InChI is InChI=1S/C23H26N2O2/c1-24-22(27)20(19-10-6-3-7-11-19)17-23(24)12-14-25(15-13-23)21(26)16-18-8-4-2-5-9-18/h2-11,20H,12-17H2,1H3/t20-/m1/s1. The van der Waals surface area contributed by atoms with Gasteiger partial charge in [0.25, 0.3) is 0 Å². The number of carbonyl (C=O) groups is 2. The van der Waals surface area contributed by atoms with Gasteiger partial charge in [0.1, 0.15) is 0 Å². The first kappa shape index (κ1) is 17.8. The van der Waals surface area contributed by atoms with Gasteiger partial charge in [0, 0.05) is 25.7 Å². The molecule has 27 heavy (non-hydrogen) atoms. The predicted molar refractivity (Wildman–Crippen MR) is 105 cm³/mol. The van der Waals surface area contributed by atoms with Crippen LogP contribution in [0.2, 0.25) is 0 Å². The van der Waals surface area contributed by atoms with E-state index in [2.05, 4.69) is 0 Å². The minimum Gasteiger partial charge on any atom is -0.342 e. The van der Waals surface area contributed by atoms with E-state index >= 15 is 0 Å². The average molecular weight is 362 g/mol. The number of hydrogen-bond donors (Lipinski definition) is 0. The highest BCUT2D eigenvalue weighted by Crippen LogP contribution is 2.44. The molecule has 0 aromatic heterocycles. The molecule has 2 saturated heterocycles. The topological polar surface area (TPSA) is 40.6 Å². The first-order chi connectivity index (χ1) is 13.1. The molecule has 1 atom stereocenters. The minimum absolute atomic E-state index is 0.0530. The van der Waals surface area contributed by atoms with E-state index in [9.17, 15) is 9.59 Å². The van der Waals surface area contributed by atoms with Gasteiger partial charge in [-0.05, 0) is 30.4 Å². The molecule has 0 aliphatic carbocycles. The van der Waals surface area contributed by atoms with Crippen molar-refractivity contribution in [2.75, 3.05) is 20.1 Å². The summed E-state index contributed by atoms with van der Waals surface area (Å²) in [6.07, 6.45) is 3.03. The van der Waals surface area contributed by atoms with E-state index in [0.29, 0.717) is 6.42 Å². The summed E-state index contributed by atoms with van der Waals surface area (Å²) in [5.41, 5.74) is 2.05. The molecule has 4 rings (SSSR count). The Bertz CT molecular complexity index is 811. The summed E-state index contributed by atoms with van der Waals surface area (Å²) in [5.74, 6) is 0.343. The summed E-state index contributed by atoms with van der Waals surface area (Å²) in [6, 6.07) is 20.0. The van der Waals surface area contributed by atoms with Crippen LogP contribution >= 0.6 is 0 Å². The molecule has 2 aliphatic heterocycles. The SMILES string of the molecule is CN1C(=O)[C@@H](c2ccccc2)CC12CCN(C(=O)Cc1ccccc1)CC2. The van der Waals surface area contributed by atoms with Gasteiger partial charge in [-0.25, -0.2) is 0 Å². The van der Waals surface area contributed by atoms with Crippen molar-refractivity contribution in [3.8, 4) is 0 Å². The Balaban J connectivity index is 1.42. The summed E-state index contributed by atoms with van der Waals surface area (Å²) >= 11 is 0. The Morgan fingerprint density at radius 3 is 2.22 bits per heavy atom. The molecule has 2 fully saturated rings. The summed E-state index contributed by atoms with van der Waals surface area (Å²) in [5, 5.41) is 0. The quantitative estimate of drug-likeness (QED) is 0.841. The Morgan fingerprint density at radius 2 is 1.59 bits per heavy atom. The van der Waals surface area contributed by atoms with E-state index in [0.717, 1.165) is 43.5 Å². The molecule has 0 bridgehead atoms. The molecule has 0 radical (unpaired) electrons. The van der Waals surface area contributed by atoms with Crippen molar-refractivity contribution < 1.29 is 9.59 Å². The number of likely N-dealkylation sites (N-methyl/N-ethyl adjacent to an activating group) is 1. The average Bonchev–Trinajstić information content (AvgIpc) is 2.95. The van der Waals surface area contributed by atoms with Crippen LogP contribution in [0, 0.1) is 0 Å². The first-order valence-corrected chi connectivity index (χ1v) is 9.73. The largest absolute Gasteiger partial charge is 0.342 e. The van der Waals surface area contributed by atoms with Gasteiger partial charge in [-0.15, -0.1) is 0 Å². The van der Waals surface area contributed by atoms with Crippen LogP contribution in [-0.2, 0) is 16.0 Å². The van der Waals surface area contributed by atoms with Gasteiger partial charge in [-0.1, -0.05) is 60.7 Å². The Labute approximate surface area is 160 Å². The van der Waals surface area contributed by atoms with E-state index in [4.69, 9.17) is 0 Å². The van der Waals surface area contributed by atoms with Crippen LogP contribution in [0.4, 0.5) is 0 Å². The van der Waals surface area contributed by atoms with Crippen LogP contribution in [0.1, 0.15) is 36.3 Å². The van der Waals surface area contributed by atoms with Crippen LogP contribution < -0.4 is 0 Å². The zero-order chi connectivity index (χ0) is 18.9. The molecule has 2 aromatic rings. The Hall–Kier alpha value is -2.62. The number of carbonyl (C=O) groups excluding carboxylic acids is 2. The molecule has 4 nitrogen and oxygen atoms in total. The zero-order valence-corrected chi connectivity index (χ0v) is 15.8. The van der Waals surface area contributed by atoms with Gasteiger partial charge in [0.2, 0.25) is 11.8 Å². The second-order valence-electron chi connectivity index (χ2n) is 7.83. The molecule has 1 spiro atoms. The van der Waals surface area contributed by atoms with Crippen molar-refractivity contribution in [2.24, 2.45) is 0 Å². The van der Waals surface area contributed by atoms with Crippen LogP contribution in [-0.4, -0.2) is 47.3 Å². The van der Waals surface area contributed by atoms with Crippen molar-refractivity contribution in [1.82, 2.24) is 9.80 Å². The van der Waals surface area contributed by atoms with E-state index in [1.807, 2.05) is 77.5 Å². The lowest BCUT2D eigenvalue weighted by molar-refractivity contribution is -0.135. The smallest absolute Gasteiger partial charge is 0.230 e. The first-order valence-electron chi connectivity index (χ1n) is 9.73. The summed E-state index contributed by atoms with van der Waals surface area (Å²) in [7, 11) is 1.94. The van der Waals surface area contributed by atoms with Gasteiger partial charge >= 0.3 is 0 Å². The maximum atomic E-state index is 12.9. The molecule has 0 unspecified atom stereocenters. The lowest BCUT2D eigenvalue weighted by Crippen LogP contribution is -2.53. The summed E-state index contributed by atoms with van der Waals surface area (Å²) in [4.78, 5) is 29.5. The zero-order valence-electron chi connectivity index (χ0n) is 15.8. The van der Waals surface area contributed by atoms with E-state index in [-0.39, 0.29) is 23.3 Å². The number of hydrogen-bond acceptors (Lipinski definition) is 2. The Kier molecular flexibility index (Phi) is 4.73. The molecule has 0 N–H and O–H groups in total. The molecule has 2 aliphatic rings. The third-order valence-corrected chi connectivity index (χ3v) is 6.37. The van der Waals surface area contributed by atoms with Crippen LogP contribution in [0.25, 0.3) is 0 Å². The third-order valence-electron chi connectivity index (χ3n) is 6.37. The Morgan fingerprint density at radius 1 is 1.00 bits per heavy atom. The molecule has 2 aromatic carbocycles. The molecule has 4 heteroatoms. The highest BCUT2D eigenvalue weighted by atomic mass is 16.2. The van der Waals surface area contributed by atoms with Crippen LogP contribution in [0.3, 0.4) is 0 Å². The number of benzene rings is 2. The minimum atomic E-state index is -0.110. The molecule has 140 valence electrons. The normalized spacial score (nSPS) is 21.7. The van der Waals surface area contributed by atoms with Gasteiger partial charge in [-0.3, -0.25) is 9.59 Å². The molecular formula is C23H26N2O2. The molecular weight excluding hydrogens is 336 g/mol. The highest BCUT2D eigenvalue weighted by Gasteiger charge is 2.50. The highest BCUT2D eigenvalue weighted by molar-refractivity contribution is 5.87. The van der Waals surface area contributed by atoms with E-state index < -0.39 is 0 Å². The van der Waals surface area contributed by atoms with Crippen LogP contribution in [0.5, 0.6) is 0 Å². The fraction of sp³-hybridized carbons (Fsp3) is 0.391. The van der Waals surface area contributed by atoms with Crippen molar-refractivity contribution in [1.29, 1.82) is 0 Å². The lowest BCUT2D eigenvalue weighted by Gasteiger charge is -2.43. The number of likely N-dealkylation sites (tertiary alicyclic amines) is 2. The van der Waals surface area contributed by atoms with Crippen molar-refractivity contribution in [3.63, 3.8) is 0 Å². The summed E-state index contributed by atoms with van der Waals surface area (Å²) < 4.78 is 0. The molecule has 0 saturated carbocycles. The second kappa shape index (κ2) is 7.18. The molecule has 2 heterocycles. The predicted octanol–water partition coefficient (Wildman–Crippen LogP) is 3.24. The maximum absolute atomic E-state index is 12.9. The van der Waals surface area contributed by atoms with E-state index in [1.54, 1.807) is 0 Å². The van der Waals surface area contributed by atoms with Crippen molar-refractivity contribution in [3.05, 3.63) is 71.8 Å². The fourth-order valence-corrected chi connectivity index (χ4v) is 4.61. The summed E-state index contributed by atoms with van der Waals surface area (Å²) in [6.45, 7) is 1.45. The van der Waals surface area contributed by atoms with Gasteiger partial charge in [0.15, 0.2) is 0 Å². The van der Waals surface area contributed by atoms with E-state index in [1.165, 1.54) is 0 Å². The van der Waals surface area contributed by atoms with Gasteiger partial charge < -0.3 is 9.80 Å². The fourth-order valence-electron chi connectivity index (χ4n) is 4.61. The van der Waals surface area contributed by atoms with Gasteiger partial charge in [-0.2, -0.15) is 0 Å². The molecule has 2 amide bonds. The van der Waals surface area contributed by atoms with Crippen molar-refractivity contribution in [2.45, 2.75) is 37.1 Å². The number of nitrogens with zero attached hydrogens (tertiary/aromatic N) is 2. The lowest BCUT2D eigenvalue weighted by atomic mass is 9.81. The number of piperidine rings is 1. The maximum Gasteiger partial charge on any atom is 0.230 e. The third kappa shape index (κ3) is 3.36. The van der Waals surface area contributed by atoms with Gasteiger partial charge in [0.05, 0.1) is 12.3 Å². The monoisotopic (exact) mass is 362 g/mol. The second-order valence-corrected chi connectivity index (χ2v) is 7.83.